The van der Waals surface area contributed by atoms with Gasteiger partial charge in [0, 0.05) is 18.6 Å². The van der Waals surface area contributed by atoms with E-state index in [9.17, 15) is 0 Å². The summed E-state index contributed by atoms with van der Waals surface area (Å²) < 4.78 is 15.5. The SMILES string of the molecule is C1=CN2C(N1)c1cccn1C1CC(N3c4ccccc4Oc4ccccc43)C(N3c4ccccc4Oc4ccccc43)CC12. The van der Waals surface area contributed by atoms with Crippen LogP contribution in [0.4, 0.5) is 22.7 Å². The van der Waals surface area contributed by atoms with Crippen LogP contribution >= 0.6 is 0 Å². The highest BCUT2D eigenvalue weighted by Gasteiger charge is 2.52. The Balaban J connectivity index is 1.20. The predicted octanol–water partition coefficient (Wildman–Crippen LogP) is 8.21. The summed E-state index contributed by atoms with van der Waals surface area (Å²) in [5.74, 6) is 3.58. The van der Waals surface area contributed by atoms with Crippen molar-refractivity contribution < 1.29 is 9.47 Å². The molecular weight excluding hydrogens is 546 g/mol. The summed E-state index contributed by atoms with van der Waals surface area (Å²) in [5.41, 5.74) is 5.76. The number of para-hydroxylation sites is 8. The molecule has 5 atom stereocenters. The molecule has 0 radical (unpaired) electrons. The lowest BCUT2D eigenvalue weighted by Gasteiger charge is -2.56. The van der Waals surface area contributed by atoms with Crippen LogP contribution in [-0.4, -0.2) is 27.6 Å². The molecule has 216 valence electrons. The minimum atomic E-state index is 0.119. The number of hydrogen-bond acceptors (Lipinski definition) is 6. The highest BCUT2D eigenvalue weighted by Crippen LogP contribution is 2.56. The first-order chi connectivity index (χ1) is 21.8. The van der Waals surface area contributed by atoms with Crippen LogP contribution in [0.5, 0.6) is 23.0 Å². The molecule has 0 bridgehead atoms. The summed E-state index contributed by atoms with van der Waals surface area (Å²) >= 11 is 0. The lowest BCUT2D eigenvalue weighted by atomic mass is 9.78. The predicted molar refractivity (Wildman–Crippen MR) is 171 cm³/mol. The molecule has 5 heterocycles. The molecule has 1 aromatic heterocycles. The van der Waals surface area contributed by atoms with Gasteiger partial charge in [0.05, 0.1) is 52.6 Å². The molecule has 1 aliphatic carbocycles. The van der Waals surface area contributed by atoms with E-state index in [2.05, 4.69) is 152 Å². The van der Waals surface area contributed by atoms with Gasteiger partial charge in [-0.25, -0.2) is 0 Å². The van der Waals surface area contributed by atoms with Gasteiger partial charge in [0.2, 0.25) is 0 Å². The van der Waals surface area contributed by atoms with Gasteiger partial charge in [0.15, 0.2) is 23.0 Å². The minimum absolute atomic E-state index is 0.119. The lowest BCUT2D eigenvalue weighted by Crippen LogP contribution is -2.61. The highest BCUT2D eigenvalue weighted by atomic mass is 16.5. The molecule has 0 saturated heterocycles. The topological polar surface area (TPSA) is 45.1 Å². The number of hydrogen-bond donors (Lipinski definition) is 1. The Bertz CT molecular complexity index is 1860. The third-order valence-electron chi connectivity index (χ3n) is 10.1. The Morgan fingerprint density at radius 2 is 1.00 bits per heavy atom. The van der Waals surface area contributed by atoms with E-state index in [0.717, 1.165) is 58.6 Å². The molecule has 0 amide bonds. The average molecular weight is 578 g/mol. The fraction of sp³-hybridized carbons (Fsp3) is 0.189. The van der Waals surface area contributed by atoms with Crippen LogP contribution < -0.4 is 24.6 Å². The number of aromatic nitrogens is 1. The molecule has 1 fully saturated rings. The second kappa shape index (κ2) is 9.10. The zero-order valence-electron chi connectivity index (χ0n) is 24.0. The van der Waals surface area contributed by atoms with Crippen molar-refractivity contribution in [3.05, 3.63) is 133 Å². The third kappa shape index (κ3) is 3.32. The van der Waals surface area contributed by atoms with Crippen LogP contribution in [-0.2, 0) is 0 Å². The van der Waals surface area contributed by atoms with Gasteiger partial charge in [0.1, 0.15) is 6.17 Å². The van der Waals surface area contributed by atoms with Crippen molar-refractivity contribution in [2.24, 2.45) is 0 Å². The van der Waals surface area contributed by atoms with E-state index in [0.29, 0.717) is 12.1 Å². The summed E-state index contributed by atoms with van der Waals surface area (Å²) in [5, 5.41) is 3.62. The third-order valence-corrected chi connectivity index (χ3v) is 10.1. The molecule has 0 spiro atoms. The molecule has 5 unspecified atom stereocenters. The molecule has 10 rings (SSSR count). The number of benzene rings is 4. The van der Waals surface area contributed by atoms with Crippen molar-refractivity contribution in [2.45, 2.75) is 43.2 Å². The average Bonchev–Trinajstić information content (AvgIpc) is 3.76. The van der Waals surface area contributed by atoms with Gasteiger partial charge in [-0.1, -0.05) is 48.5 Å². The second-order valence-electron chi connectivity index (χ2n) is 12.2. The van der Waals surface area contributed by atoms with Crippen molar-refractivity contribution in [2.75, 3.05) is 9.80 Å². The molecule has 44 heavy (non-hydrogen) atoms. The quantitative estimate of drug-likeness (QED) is 0.228. The summed E-state index contributed by atoms with van der Waals surface area (Å²) in [6, 6.07) is 39.3. The van der Waals surface area contributed by atoms with Gasteiger partial charge in [-0.15, -0.1) is 0 Å². The molecular formula is C37H31N5O2. The van der Waals surface area contributed by atoms with Gasteiger partial charge in [-0.2, -0.15) is 0 Å². The lowest BCUT2D eigenvalue weighted by molar-refractivity contribution is 0.0655. The maximum Gasteiger partial charge on any atom is 0.151 e. The fourth-order valence-corrected chi connectivity index (χ4v) is 8.35. The highest BCUT2D eigenvalue weighted by molar-refractivity contribution is 5.82. The van der Waals surface area contributed by atoms with Gasteiger partial charge < -0.3 is 34.1 Å². The number of nitrogens with zero attached hydrogens (tertiary/aromatic N) is 4. The van der Waals surface area contributed by atoms with Crippen LogP contribution in [0.2, 0.25) is 0 Å². The Labute approximate surface area is 256 Å². The van der Waals surface area contributed by atoms with Crippen molar-refractivity contribution in [1.82, 2.24) is 14.8 Å². The molecule has 7 nitrogen and oxygen atoms in total. The molecule has 7 heteroatoms. The van der Waals surface area contributed by atoms with Gasteiger partial charge in [-0.05, 0) is 73.5 Å². The second-order valence-corrected chi connectivity index (χ2v) is 12.2. The van der Waals surface area contributed by atoms with Crippen molar-refractivity contribution in [1.29, 1.82) is 0 Å². The van der Waals surface area contributed by atoms with E-state index in [4.69, 9.17) is 9.47 Å². The summed E-state index contributed by atoms with van der Waals surface area (Å²) in [6.07, 6.45) is 8.72. The van der Waals surface area contributed by atoms with Crippen LogP contribution in [0.1, 0.15) is 30.7 Å². The Hall–Kier alpha value is -5.30. The van der Waals surface area contributed by atoms with Gasteiger partial charge in [0.25, 0.3) is 0 Å². The molecule has 4 aliphatic heterocycles. The minimum Gasteiger partial charge on any atom is -0.453 e. The van der Waals surface area contributed by atoms with Crippen LogP contribution in [0.25, 0.3) is 0 Å². The van der Waals surface area contributed by atoms with Crippen LogP contribution in [0.3, 0.4) is 0 Å². The van der Waals surface area contributed by atoms with Crippen molar-refractivity contribution in [3.8, 4) is 23.0 Å². The van der Waals surface area contributed by atoms with E-state index < -0.39 is 0 Å². The van der Waals surface area contributed by atoms with E-state index in [1.165, 1.54) is 5.69 Å². The largest absolute Gasteiger partial charge is 0.453 e. The molecule has 4 aromatic carbocycles. The first kappa shape index (κ1) is 24.2. The number of ether oxygens (including phenoxy) is 2. The maximum absolute atomic E-state index is 6.49. The van der Waals surface area contributed by atoms with Gasteiger partial charge >= 0.3 is 0 Å². The van der Waals surface area contributed by atoms with E-state index in [1.54, 1.807) is 0 Å². The Kier molecular flexibility index (Phi) is 5.00. The molecule has 5 aromatic rings. The van der Waals surface area contributed by atoms with E-state index in [1.807, 2.05) is 0 Å². The van der Waals surface area contributed by atoms with Crippen LogP contribution in [0.15, 0.2) is 128 Å². The number of fused-ring (bicyclic) bond motifs is 10. The van der Waals surface area contributed by atoms with Crippen LogP contribution in [0, 0.1) is 0 Å². The smallest absolute Gasteiger partial charge is 0.151 e. The molecule has 1 N–H and O–H groups in total. The van der Waals surface area contributed by atoms with E-state index >= 15 is 0 Å². The van der Waals surface area contributed by atoms with Gasteiger partial charge in [-0.3, -0.25) is 0 Å². The van der Waals surface area contributed by atoms with Crippen molar-refractivity contribution >= 4 is 22.7 Å². The normalized spacial score (nSPS) is 25.2. The Morgan fingerprint density at radius 3 is 1.52 bits per heavy atom. The summed E-state index contributed by atoms with van der Waals surface area (Å²) in [7, 11) is 0. The van der Waals surface area contributed by atoms with E-state index in [-0.39, 0.29) is 18.2 Å². The first-order valence-corrected chi connectivity index (χ1v) is 15.5. The fourth-order valence-electron chi connectivity index (χ4n) is 8.35. The maximum atomic E-state index is 6.49. The number of rotatable bonds is 2. The van der Waals surface area contributed by atoms with Crippen molar-refractivity contribution in [3.63, 3.8) is 0 Å². The standard InChI is InChI=1S/C37H31N5O2/c1-5-15-33-24(10-1)41(25-11-2-6-16-34(25)43-33)31-22-29-30(40-21-19-38-37(40)28-14-9-20-39(28)29)23-32(31)42-26-12-3-7-17-35(26)44-36-18-8-4-13-27(36)42/h1-21,29-32,37-38H,22-23H2. The zero-order valence-corrected chi connectivity index (χ0v) is 24.0. The molecule has 5 aliphatic rings. The summed E-state index contributed by atoms with van der Waals surface area (Å²) in [6.45, 7) is 0. The monoisotopic (exact) mass is 577 g/mol. The number of nitrogens with one attached hydrogen (secondary N) is 1. The first-order valence-electron chi connectivity index (χ1n) is 15.5. The number of anilines is 4. The zero-order chi connectivity index (χ0) is 28.8. The summed E-state index contributed by atoms with van der Waals surface area (Å²) in [4.78, 5) is 7.70. The Morgan fingerprint density at radius 1 is 0.523 bits per heavy atom. The molecule has 1 saturated carbocycles.